The van der Waals surface area contributed by atoms with Gasteiger partial charge in [-0.25, -0.2) is 0 Å². The number of aryl methyl sites for hydroxylation is 1. The fraction of sp³-hybridized carbons (Fsp3) is 0.529. The number of carbonyl (C=O) groups is 2. The van der Waals surface area contributed by atoms with Gasteiger partial charge in [0.15, 0.2) is 0 Å². The lowest BCUT2D eigenvalue weighted by Crippen LogP contribution is -2.36. The van der Waals surface area contributed by atoms with E-state index in [9.17, 15) is 9.59 Å². The molecule has 0 saturated carbocycles. The average molecular weight is 305 g/mol. The summed E-state index contributed by atoms with van der Waals surface area (Å²) in [6.07, 6.45) is 0.639. The standard InChI is InChI=1S/C17H27N3O2/c1-10(2)8-15(18)17(22)20-13-6-7-14(12(5)9-13)16(21)19-11(3)4/h6-7,9-11,15H,8,18H2,1-5H3,(H,19,21)(H,20,22)/t15-/m0/s1. The van der Waals surface area contributed by atoms with E-state index < -0.39 is 6.04 Å². The summed E-state index contributed by atoms with van der Waals surface area (Å²) < 4.78 is 0. The Morgan fingerprint density at radius 2 is 1.82 bits per heavy atom. The first kappa shape index (κ1) is 18.2. The Bertz CT molecular complexity index is 539. The van der Waals surface area contributed by atoms with Gasteiger partial charge in [-0.05, 0) is 56.9 Å². The van der Waals surface area contributed by atoms with Crippen molar-refractivity contribution in [2.75, 3.05) is 5.32 Å². The first-order chi connectivity index (χ1) is 10.2. The van der Waals surface area contributed by atoms with E-state index >= 15 is 0 Å². The van der Waals surface area contributed by atoms with E-state index in [1.165, 1.54) is 0 Å². The van der Waals surface area contributed by atoms with Crippen LogP contribution in [0.25, 0.3) is 0 Å². The summed E-state index contributed by atoms with van der Waals surface area (Å²) in [6.45, 7) is 9.73. The molecule has 1 atom stereocenters. The van der Waals surface area contributed by atoms with Gasteiger partial charge in [0.2, 0.25) is 5.91 Å². The topological polar surface area (TPSA) is 84.2 Å². The van der Waals surface area contributed by atoms with Crippen molar-refractivity contribution in [2.24, 2.45) is 11.7 Å². The maximum absolute atomic E-state index is 12.0. The lowest BCUT2D eigenvalue weighted by molar-refractivity contribution is -0.117. The van der Waals surface area contributed by atoms with Crippen LogP contribution in [-0.4, -0.2) is 23.9 Å². The molecule has 2 amide bonds. The van der Waals surface area contributed by atoms with Crippen LogP contribution in [0.1, 0.15) is 50.0 Å². The minimum absolute atomic E-state index is 0.0836. The van der Waals surface area contributed by atoms with E-state index in [1.807, 2.05) is 34.6 Å². The van der Waals surface area contributed by atoms with Gasteiger partial charge < -0.3 is 16.4 Å². The summed E-state index contributed by atoms with van der Waals surface area (Å²) in [6, 6.07) is 4.79. The fourth-order valence-electron chi connectivity index (χ4n) is 2.19. The molecule has 5 nitrogen and oxygen atoms in total. The van der Waals surface area contributed by atoms with Crippen molar-refractivity contribution in [1.29, 1.82) is 0 Å². The molecule has 0 saturated heterocycles. The van der Waals surface area contributed by atoms with Crippen LogP contribution in [-0.2, 0) is 4.79 Å². The molecule has 0 unspecified atom stereocenters. The Labute approximate surface area is 132 Å². The Kier molecular flexibility index (Phi) is 6.56. The van der Waals surface area contributed by atoms with Crippen LogP contribution >= 0.6 is 0 Å². The van der Waals surface area contributed by atoms with Crippen molar-refractivity contribution in [3.05, 3.63) is 29.3 Å². The molecule has 1 aromatic carbocycles. The van der Waals surface area contributed by atoms with E-state index in [1.54, 1.807) is 18.2 Å². The maximum Gasteiger partial charge on any atom is 0.251 e. The molecule has 0 bridgehead atoms. The lowest BCUT2D eigenvalue weighted by Gasteiger charge is -2.15. The molecule has 1 aromatic rings. The third-order valence-electron chi connectivity index (χ3n) is 3.22. The largest absolute Gasteiger partial charge is 0.350 e. The zero-order valence-electron chi connectivity index (χ0n) is 14.1. The van der Waals surface area contributed by atoms with Gasteiger partial charge in [-0.2, -0.15) is 0 Å². The molecule has 122 valence electrons. The van der Waals surface area contributed by atoms with Gasteiger partial charge in [0.05, 0.1) is 6.04 Å². The molecule has 22 heavy (non-hydrogen) atoms. The normalized spacial score (nSPS) is 12.4. The third kappa shape index (κ3) is 5.48. The zero-order valence-corrected chi connectivity index (χ0v) is 14.1. The fourth-order valence-corrected chi connectivity index (χ4v) is 2.19. The Hall–Kier alpha value is -1.88. The van der Waals surface area contributed by atoms with Crippen LogP contribution < -0.4 is 16.4 Å². The number of nitrogens with two attached hydrogens (primary N) is 1. The van der Waals surface area contributed by atoms with E-state index in [-0.39, 0.29) is 17.9 Å². The van der Waals surface area contributed by atoms with Gasteiger partial charge in [-0.15, -0.1) is 0 Å². The van der Waals surface area contributed by atoms with Gasteiger partial charge in [0.1, 0.15) is 0 Å². The number of hydrogen-bond donors (Lipinski definition) is 3. The molecule has 1 rings (SSSR count). The summed E-state index contributed by atoms with van der Waals surface area (Å²) >= 11 is 0. The smallest absolute Gasteiger partial charge is 0.251 e. The van der Waals surface area contributed by atoms with Crippen molar-refractivity contribution in [2.45, 2.75) is 53.1 Å². The zero-order chi connectivity index (χ0) is 16.9. The van der Waals surface area contributed by atoms with Gasteiger partial charge in [0.25, 0.3) is 5.91 Å². The quantitative estimate of drug-likeness (QED) is 0.754. The van der Waals surface area contributed by atoms with E-state index in [0.29, 0.717) is 23.6 Å². The Morgan fingerprint density at radius 1 is 1.18 bits per heavy atom. The Morgan fingerprint density at radius 3 is 2.32 bits per heavy atom. The molecular weight excluding hydrogens is 278 g/mol. The predicted octanol–water partition coefficient (Wildman–Crippen LogP) is 2.45. The number of carbonyl (C=O) groups excluding carboxylic acids is 2. The molecule has 0 aromatic heterocycles. The van der Waals surface area contributed by atoms with Crippen molar-refractivity contribution in [1.82, 2.24) is 5.32 Å². The summed E-state index contributed by atoms with van der Waals surface area (Å²) in [7, 11) is 0. The van der Waals surface area contributed by atoms with Crippen molar-refractivity contribution < 1.29 is 9.59 Å². The molecule has 0 aliphatic carbocycles. The number of amides is 2. The van der Waals surface area contributed by atoms with Crippen molar-refractivity contribution in [3.63, 3.8) is 0 Å². The third-order valence-corrected chi connectivity index (χ3v) is 3.22. The van der Waals surface area contributed by atoms with E-state index in [0.717, 1.165) is 5.56 Å². The SMILES string of the molecule is Cc1cc(NC(=O)[C@@H](N)CC(C)C)ccc1C(=O)NC(C)C. The second-order valence-electron chi connectivity index (χ2n) is 6.38. The summed E-state index contributed by atoms with van der Waals surface area (Å²) in [4.78, 5) is 24.0. The molecule has 5 heteroatoms. The van der Waals surface area contributed by atoms with Gasteiger partial charge in [-0.3, -0.25) is 9.59 Å². The van der Waals surface area contributed by atoms with Gasteiger partial charge in [0, 0.05) is 17.3 Å². The van der Waals surface area contributed by atoms with E-state index in [2.05, 4.69) is 10.6 Å². The van der Waals surface area contributed by atoms with Crippen molar-refractivity contribution >= 4 is 17.5 Å². The number of hydrogen-bond acceptors (Lipinski definition) is 3. The van der Waals surface area contributed by atoms with Gasteiger partial charge in [-0.1, -0.05) is 13.8 Å². The Balaban J connectivity index is 2.77. The number of benzene rings is 1. The highest BCUT2D eigenvalue weighted by atomic mass is 16.2. The maximum atomic E-state index is 12.0. The highest BCUT2D eigenvalue weighted by molar-refractivity contribution is 5.98. The summed E-state index contributed by atoms with van der Waals surface area (Å²) in [5.74, 6) is 0.0546. The monoisotopic (exact) mass is 305 g/mol. The highest BCUT2D eigenvalue weighted by Gasteiger charge is 2.16. The van der Waals surface area contributed by atoms with Crippen LogP contribution in [0.15, 0.2) is 18.2 Å². The minimum Gasteiger partial charge on any atom is -0.350 e. The van der Waals surface area contributed by atoms with Gasteiger partial charge >= 0.3 is 0 Å². The minimum atomic E-state index is -0.524. The molecule has 0 aliphatic rings. The second kappa shape index (κ2) is 7.94. The summed E-state index contributed by atoms with van der Waals surface area (Å²) in [5, 5.41) is 5.65. The predicted molar refractivity (Wildman–Crippen MR) is 89.8 cm³/mol. The molecule has 4 N–H and O–H groups in total. The highest BCUT2D eigenvalue weighted by Crippen LogP contribution is 2.16. The number of rotatable bonds is 6. The second-order valence-corrected chi connectivity index (χ2v) is 6.38. The van der Waals surface area contributed by atoms with Crippen LogP contribution in [0.3, 0.4) is 0 Å². The molecule has 0 spiro atoms. The lowest BCUT2D eigenvalue weighted by atomic mass is 10.0. The summed E-state index contributed by atoms with van der Waals surface area (Å²) in [5.41, 5.74) is 7.94. The van der Waals surface area contributed by atoms with E-state index in [4.69, 9.17) is 5.73 Å². The van der Waals surface area contributed by atoms with Crippen LogP contribution in [0.4, 0.5) is 5.69 Å². The molecule has 0 radical (unpaired) electrons. The average Bonchev–Trinajstić information content (AvgIpc) is 2.36. The first-order valence-corrected chi connectivity index (χ1v) is 7.68. The first-order valence-electron chi connectivity index (χ1n) is 7.68. The van der Waals surface area contributed by atoms with Crippen LogP contribution in [0.2, 0.25) is 0 Å². The number of anilines is 1. The number of nitrogens with one attached hydrogen (secondary N) is 2. The molecular formula is C17H27N3O2. The van der Waals surface area contributed by atoms with Crippen LogP contribution in [0.5, 0.6) is 0 Å². The molecule has 0 fully saturated rings. The van der Waals surface area contributed by atoms with Crippen LogP contribution in [0, 0.1) is 12.8 Å². The molecule has 0 heterocycles. The molecule has 0 aliphatic heterocycles. The van der Waals surface area contributed by atoms with Crippen molar-refractivity contribution in [3.8, 4) is 0 Å².